The number of aromatic amines is 1. The second-order valence-corrected chi connectivity index (χ2v) is 6.73. The van der Waals surface area contributed by atoms with E-state index in [1.807, 2.05) is 4.90 Å². The van der Waals surface area contributed by atoms with Crippen LogP contribution < -0.4 is 0 Å². The molecule has 0 saturated carbocycles. The van der Waals surface area contributed by atoms with E-state index in [4.69, 9.17) is 0 Å². The van der Waals surface area contributed by atoms with Crippen LogP contribution in [0.15, 0.2) is 12.1 Å². The Morgan fingerprint density at radius 3 is 2.50 bits per heavy atom. The topological polar surface area (TPSA) is 39.3 Å². The minimum atomic E-state index is 0.136. The van der Waals surface area contributed by atoms with E-state index in [-0.39, 0.29) is 5.91 Å². The first-order valence-electron chi connectivity index (χ1n) is 7.94. The van der Waals surface area contributed by atoms with Gasteiger partial charge < -0.3 is 14.8 Å². The summed E-state index contributed by atoms with van der Waals surface area (Å²) < 4.78 is 0. The highest BCUT2D eigenvalue weighted by molar-refractivity contribution is 6.02. The van der Waals surface area contributed by atoms with Crippen LogP contribution >= 0.6 is 0 Å². The predicted molar refractivity (Wildman–Crippen MR) is 90.5 cm³/mol. The Balaban J connectivity index is 1.97. The number of amides is 1. The zero-order valence-electron chi connectivity index (χ0n) is 14.2. The van der Waals surface area contributed by atoms with E-state index >= 15 is 0 Å². The molecule has 0 bridgehead atoms. The molecule has 1 aromatic heterocycles. The van der Waals surface area contributed by atoms with Gasteiger partial charge in [0.1, 0.15) is 5.69 Å². The molecule has 1 aliphatic heterocycles. The number of carbonyl (C=O) groups excluding carboxylic acids is 1. The normalized spacial score (nSPS) is 18.6. The van der Waals surface area contributed by atoms with E-state index < -0.39 is 0 Å². The first kappa shape index (κ1) is 15.1. The number of fused-ring (bicyclic) bond motifs is 1. The van der Waals surface area contributed by atoms with E-state index in [0.29, 0.717) is 6.04 Å². The fourth-order valence-electron chi connectivity index (χ4n) is 3.52. The summed E-state index contributed by atoms with van der Waals surface area (Å²) in [4.78, 5) is 20.5. The number of nitrogens with one attached hydrogen (secondary N) is 1. The average molecular weight is 299 g/mol. The molecule has 1 aromatic carbocycles. The summed E-state index contributed by atoms with van der Waals surface area (Å²) in [6.07, 6.45) is 1.05. The lowest BCUT2D eigenvalue weighted by Gasteiger charge is -2.20. The van der Waals surface area contributed by atoms with Crippen molar-refractivity contribution >= 4 is 16.8 Å². The standard InChI is InChI=1S/C18H25N3O/c1-11-6-7-12(2)16-15(11)13(3)17(19-16)18(22)21-9-8-14(10-21)20(4)5/h6-7,14,19H,8-10H2,1-5H3/t14-/m0/s1. The van der Waals surface area contributed by atoms with E-state index in [0.717, 1.165) is 36.3 Å². The van der Waals surface area contributed by atoms with E-state index in [2.05, 4.69) is 56.9 Å². The number of likely N-dealkylation sites (N-methyl/N-ethyl adjacent to an activating group) is 1. The van der Waals surface area contributed by atoms with Gasteiger partial charge in [-0.2, -0.15) is 0 Å². The van der Waals surface area contributed by atoms with Crippen molar-refractivity contribution in [1.82, 2.24) is 14.8 Å². The lowest BCUT2D eigenvalue weighted by molar-refractivity contribution is 0.0777. The molecule has 118 valence electrons. The number of carbonyl (C=O) groups is 1. The average Bonchev–Trinajstić information content (AvgIpc) is 3.08. The molecule has 1 saturated heterocycles. The quantitative estimate of drug-likeness (QED) is 0.926. The summed E-state index contributed by atoms with van der Waals surface area (Å²) in [5.74, 6) is 0.136. The maximum atomic E-state index is 12.9. The summed E-state index contributed by atoms with van der Waals surface area (Å²) in [5, 5.41) is 1.20. The van der Waals surface area contributed by atoms with E-state index in [1.54, 1.807) is 0 Å². The Hall–Kier alpha value is -1.81. The van der Waals surface area contributed by atoms with Gasteiger partial charge in [0.15, 0.2) is 0 Å². The van der Waals surface area contributed by atoms with Gasteiger partial charge in [0.05, 0.1) is 0 Å². The molecule has 1 aliphatic rings. The SMILES string of the molecule is Cc1ccc(C)c2c(C)c(C(=O)N3CC[C@H](N(C)C)C3)[nH]c12. The van der Waals surface area contributed by atoms with Crippen LogP contribution in [0.1, 0.15) is 33.6 Å². The molecule has 1 amide bonds. The van der Waals surface area contributed by atoms with Gasteiger partial charge in [-0.25, -0.2) is 0 Å². The number of nitrogens with zero attached hydrogens (tertiary/aromatic N) is 2. The molecule has 22 heavy (non-hydrogen) atoms. The van der Waals surface area contributed by atoms with Crippen molar-refractivity contribution in [3.63, 3.8) is 0 Å². The fraction of sp³-hybridized carbons (Fsp3) is 0.500. The highest BCUT2D eigenvalue weighted by Gasteiger charge is 2.30. The van der Waals surface area contributed by atoms with E-state index in [9.17, 15) is 4.79 Å². The van der Waals surface area contributed by atoms with Crippen molar-refractivity contribution in [1.29, 1.82) is 0 Å². The van der Waals surface area contributed by atoms with Crippen molar-refractivity contribution in [3.8, 4) is 0 Å². The second-order valence-electron chi connectivity index (χ2n) is 6.73. The molecule has 4 nitrogen and oxygen atoms in total. The predicted octanol–water partition coefficient (Wildman–Crippen LogP) is 2.87. The van der Waals surface area contributed by atoms with Crippen LogP contribution in [-0.2, 0) is 0 Å². The number of hydrogen-bond acceptors (Lipinski definition) is 2. The summed E-state index contributed by atoms with van der Waals surface area (Å²) in [6.45, 7) is 7.91. The summed E-state index contributed by atoms with van der Waals surface area (Å²) in [7, 11) is 4.17. The number of H-pyrrole nitrogens is 1. The summed E-state index contributed by atoms with van der Waals surface area (Å²) >= 11 is 0. The first-order valence-corrected chi connectivity index (χ1v) is 7.94. The largest absolute Gasteiger partial charge is 0.350 e. The van der Waals surface area contributed by atoms with Crippen LogP contribution in [0, 0.1) is 20.8 Å². The zero-order valence-corrected chi connectivity index (χ0v) is 14.2. The highest BCUT2D eigenvalue weighted by Crippen LogP contribution is 2.29. The second kappa shape index (κ2) is 5.43. The number of rotatable bonds is 2. The Kier molecular flexibility index (Phi) is 3.73. The van der Waals surface area contributed by atoms with Crippen molar-refractivity contribution < 1.29 is 4.79 Å². The molecule has 1 fully saturated rings. The van der Waals surface area contributed by atoms with Gasteiger partial charge >= 0.3 is 0 Å². The zero-order chi connectivity index (χ0) is 16.0. The molecule has 0 radical (unpaired) electrons. The van der Waals surface area contributed by atoms with Crippen LogP contribution in [0.25, 0.3) is 10.9 Å². The molecule has 2 aromatic rings. The number of benzene rings is 1. The van der Waals surface area contributed by atoms with Crippen molar-refractivity contribution in [3.05, 3.63) is 34.5 Å². The lowest BCUT2D eigenvalue weighted by Crippen LogP contribution is -2.34. The molecular weight excluding hydrogens is 274 g/mol. The third kappa shape index (κ3) is 2.31. The smallest absolute Gasteiger partial charge is 0.270 e. The molecule has 2 heterocycles. The third-order valence-corrected chi connectivity index (χ3v) is 5.02. The molecule has 4 heteroatoms. The van der Waals surface area contributed by atoms with Gasteiger partial charge in [0.25, 0.3) is 5.91 Å². The Morgan fingerprint density at radius 2 is 1.91 bits per heavy atom. The molecule has 1 atom stereocenters. The number of likely N-dealkylation sites (tertiary alicyclic amines) is 1. The number of hydrogen-bond donors (Lipinski definition) is 1. The Bertz CT molecular complexity index is 729. The molecule has 0 unspecified atom stereocenters. The van der Waals surface area contributed by atoms with Crippen LogP contribution in [0.5, 0.6) is 0 Å². The third-order valence-electron chi connectivity index (χ3n) is 5.02. The van der Waals surface area contributed by atoms with Crippen LogP contribution in [-0.4, -0.2) is 53.9 Å². The molecule has 1 N–H and O–H groups in total. The van der Waals surface area contributed by atoms with Gasteiger partial charge in [-0.15, -0.1) is 0 Å². The number of aromatic nitrogens is 1. The van der Waals surface area contributed by atoms with Crippen LogP contribution in [0.3, 0.4) is 0 Å². The van der Waals surface area contributed by atoms with Crippen molar-refractivity contribution in [2.45, 2.75) is 33.2 Å². The Morgan fingerprint density at radius 1 is 1.23 bits per heavy atom. The first-order chi connectivity index (χ1) is 10.4. The van der Waals surface area contributed by atoms with Gasteiger partial charge in [0.2, 0.25) is 0 Å². The fourth-order valence-corrected chi connectivity index (χ4v) is 3.52. The van der Waals surface area contributed by atoms with Crippen LogP contribution in [0.2, 0.25) is 0 Å². The van der Waals surface area contributed by atoms with Gasteiger partial charge in [-0.1, -0.05) is 12.1 Å². The van der Waals surface area contributed by atoms with Crippen molar-refractivity contribution in [2.75, 3.05) is 27.2 Å². The maximum Gasteiger partial charge on any atom is 0.270 e. The minimum Gasteiger partial charge on any atom is -0.350 e. The Labute approximate surface area is 132 Å². The van der Waals surface area contributed by atoms with Crippen molar-refractivity contribution in [2.24, 2.45) is 0 Å². The van der Waals surface area contributed by atoms with Crippen LogP contribution in [0.4, 0.5) is 0 Å². The number of aryl methyl sites for hydroxylation is 3. The van der Waals surface area contributed by atoms with Gasteiger partial charge in [-0.05, 0) is 58.0 Å². The summed E-state index contributed by atoms with van der Waals surface area (Å²) in [6, 6.07) is 4.71. The molecular formula is C18H25N3O. The minimum absolute atomic E-state index is 0.136. The van der Waals surface area contributed by atoms with Gasteiger partial charge in [-0.3, -0.25) is 4.79 Å². The monoisotopic (exact) mass is 299 g/mol. The highest BCUT2D eigenvalue weighted by atomic mass is 16.2. The lowest BCUT2D eigenvalue weighted by atomic mass is 10.0. The summed E-state index contributed by atoms with van der Waals surface area (Å²) in [5.41, 5.74) is 5.35. The van der Waals surface area contributed by atoms with E-state index in [1.165, 1.54) is 16.5 Å². The van der Waals surface area contributed by atoms with Gasteiger partial charge in [0, 0.05) is 30.0 Å². The molecule has 3 rings (SSSR count). The molecule has 0 aliphatic carbocycles. The molecule has 0 spiro atoms. The maximum absolute atomic E-state index is 12.9.